The van der Waals surface area contributed by atoms with Crippen LogP contribution in [0.4, 0.5) is 10.5 Å². The van der Waals surface area contributed by atoms with Gasteiger partial charge in [0.2, 0.25) is 5.91 Å². The van der Waals surface area contributed by atoms with Gasteiger partial charge in [0, 0.05) is 18.1 Å². The lowest BCUT2D eigenvalue weighted by atomic mass is 10.1. The van der Waals surface area contributed by atoms with E-state index in [-0.39, 0.29) is 11.9 Å². The zero-order valence-corrected chi connectivity index (χ0v) is 12.5. The molecule has 2 rings (SSSR count). The zero-order valence-electron chi connectivity index (χ0n) is 11.0. The number of hydrogen-bond acceptors (Lipinski definition) is 2. The van der Waals surface area contributed by atoms with Gasteiger partial charge >= 0.3 is 6.03 Å². The molecule has 1 aromatic carbocycles. The second kappa shape index (κ2) is 6.33. The van der Waals surface area contributed by atoms with Crippen LogP contribution in [0.3, 0.4) is 0 Å². The molecular formula is C13H15Cl2N3O2. The van der Waals surface area contributed by atoms with Gasteiger partial charge in [0.1, 0.15) is 6.04 Å². The second-order valence-electron chi connectivity index (χ2n) is 4.46. The summed E-state index contributed by atoms with van der Waals surface area (Å²) in [6.45, 7) is 2.80. The van der Waals surface area contributed by atoms with Crippen molar-refractivity contribution >= 4 is 40.8 Å². The first-order valence-electron chi connectivity index (χ1n) is 6.33. The molecule has 0 unspecified atom stereocenters. The Morgan fingerprint density at radius 3 is 2.90 bits per heavy atom. The highest BCUT2D eigenvalue weighted by Crippen LogP contribution is 2.26. The Morgan fingerprint density at radius 1 is 1.50 bits per heavy atom. The fourth-order valence-corrected chi connectivity index (χ4v) is 2.60. The van der Waals surface area contributed by atoms with Crippen molar-refractivity contribution in [1.82, 2.24) is 10.2 Å². The molecule has 108 valence electrons. The molecule has 1 saturated heterocycles. The zero-order chi connectivity index (χ0) is 14.7. The third-order valence-corrected chi connectivity index (χ3v) is 3.70. The van der Waals surface area contributed by atoms with Crippen molar-refractivity contribution in [2.24, 2.45) is 0 Å². The number of carbonyl (C=O) groups excluding carboxylic acids is 2. The highest BCUT2D eigenvalue weighted by molar-refractivity contribution is 6.36. The van der Waals surface area contributed by atoms with Crippen molar-refractivity contribution in [3.63, 3.8) is 0 Å². The van der Waals surface area contributed by atoms with E-state index in [1.165, 1.54) is 4.90 Å². The first kappa shape index (κ1) is 14.9. The average Bonchev–Trinajstić information content (AvgIpc) is 2.41. The maximum Gasteiger partial charge on any atom is 0.322 e. The van der Waals surface area contributed by atoms with Crippen LogP contribution < -0.4 is 10.6 Å². The normalized spacial score (nSPS) is 18.6. The van der Waals surface area contributed by atoms with E-state index >= 15 is 0 Å². The molecule has 5 nitrogen and oxygen atoms in total. The number of halogens is 2. The number of benzene rings is 1. The molecule has 1 aromatic rings. The Morgan fingerprint density at radius 2 is 2.25 bits per heavy atom. The molecule has 1 aliphatic rings. The largest absolute Gasteiger partial charge is 0.353 e. The summed E-state index contributed by atoms with van der Waals surface area (Å²) >= 11 is 11.8. The van der Waals surface area contributed by atoms with E-state index in [9.17, 15) is 9.59 Å². The van der Waals surface area contributed by atoms with E-state index in [0.29, 0.717) is 35.2 Å². The Bertz CT molecular complexity index is 536. The van der Waals surface area contributed by atoms with Gasteiger partial charge in [-0.1, -0.05) is 30.1 Å². The minimum Gasteiger partial charge on any atom is -0.353 e. The Kier molecular flexibility index (Phi) is 4.73. The minimum atomic E-state index is -0.449. The van der Waals surface area contributed by atoms with Gasteiger partial charge in [-0.15, -0.1) is 0 Å². The Balaban J connectivity index is 2.12. The maximum atomic E-state index is 12.3. The number of nitrogens with zero attached hydrogens (tertiary/aromatic N) is 1. The maximum absolute atomic E-state index is 12.3. The quantitative estimate of drug-likeness (QED) is 0.881. The van der Waals surface area contributed by atoms with Crippen LogP contribution in [0.25, 0.3) is 0 Å². The molecule has 1 aliphatic heterocycles. The summed E-state index contributed by atoms with van der Waals surface area (Å²) in [5.41, 5.74) is 0.474. The molecule has 0 saturated carbocycles. The number of rotatable bonds is 2. The van der Waals surface area contributed by atoms with Gasteiger partial charge in [0.25, 0.3) is 0 Å². The summed E-state index contributed by atoms with van der Waals surface area (Å²) in [5.74, 6) is -0.129. The van der Waals surface area contributed by atoms with Gasteiger partial charge in [-0.05, 0) is 24.6 Å². The summed E-state index contributed by atoms with van der Waals surface area (Å²) in [4.78, 5) is 25.5. The van der Waals surface area contributed by atoms with Crippen molar-refractivity contribution in [2.45, 2.75) is 19.4 Å². The molecule has 0 aromatic heterocycles. The SMILES string of the molecule is CC[C@@H]1C(=O)NCCN1C(=O)Nc1ccc(Cl)cc1Cl. The summed E-state index contributed by atoms with van der Waals surface area (Å²) in [6, 6.07) is 4.04. The molecule has 7 heteroatoms. The molecule has 1 heterocycles. The lowest BCUT2D eigenvalue weighted by molar-refractivity contribution is -0.127. The molecule has 0 bridgehead atoms. The molecule has 2 N–H and O–H groups in total. The van der Waals surface area contributed by atoms with Crippen molar-refractivity contribution in [3.8, 4) is 0 Å². The summed E-state index contributed by atoms with van der Waals surface area (Å²) < 4.78 is 0. The molecule has 0 spiro atoms. The monoisotopic (exact) mass is 315 g/mol. The Hall–Kier alpha value is -1.46. The van der Waals surface area contributed by atoms with Crippen LogP contribution in [-0.2, 0) is 4.79 Å². The standard InChI is InChI=1S/C13H15Cl2N3O2/c1-2-11-12(19)16-5-6-18(11)13(20)17-10-4-3-8(14)7-9(10)15/h3-4,7,11H,2,5-6H2,1H3,(H,16,19)(H,17,20)/t11-/m1/s1. The number of anilines is 1. The van der Waals surface area contributed by atoms with Gasteiger partial charge in [-0.2, -0.15) is 0 Å². The number of amides is 3. The molecule has 1 atom stereocenters. The van der Waals surface area contributed by atoms with Crippen LogP contribution in [0.2, 0.25) is 10.0 Å². The second-order valence-corrected chi connectivity index (χ2v) is 5.31. The van der Waals surface area contributed by atoms with E-state index < -0.39 is 6.04 Å². The van der Waals surface area contributed by atoms with Crippen LogP contribution in [0.5, 0.6) is 0 Å². The van der Waals surface area contributed by atoms with Crippen molar-refractivity contribution < 1.29 is 9.59 Å². The molecular weight excluding hydrogens is 301 g/mol. The van der Waals surface area contributed by atoms with Crippen LogP contribution >= 0.6 is 23.2 Å². The van der Waals surface area contributed by atoms with Gasteiger partial charge in [-0.25, -0.2) is 4.79 Å². The third-order valence-electron chi connectivity index (χ3n) is 3.15. The van der Waals surface area contributed by atoms with Crippen molar-refractivity contribution in [2.75, 3.05) is 18.4 Å². The van der Waals surface area contributed by atoms with E-state index in [4.69, 9.17) is 23.2 Å². The van der Waals surface area contributed by atoms with Crippen LogP contribution in [-0.4, -0.2) is 36.0 Å². The van der Waals surface area contributed by atoms with Gasteiger partial charge in [0.05, 0.1) is 10.7 Å². The van der Waals surface area contributed by atoms with Crippen molar-refractivity contribution in [3.05, 3.63) is 28.2 Å². The summed E-state index contributed by atoms with van der Waals surface area (Å²) in [7, 11) is 0. The smallest absolute Gasteiger partial charge is 0.322 e. The highest BCUT2D eigenvalue weighted by atomic mass is 35.5. The van der Waals surface area contributed by atoms with E-state index in [2.05, 4.69) is 10.6 Å². The van der Waals surface area contributed by atoms with Crippen molar-refractivity contribution in [1.29, 1.82) is 0 Å². The molecule has 20 heavy (non-hydrogen) atoms. The Labute approximate surface area is 127 Å². The number of nitrogens with one attached hydrogen (secondary N) is 2. The lowest BCUT2D eigenvalue weighted by Crippen LogP contribution is -2.57. The summed E-state index contributed by atoms with van der Waals surface area (Å²) in [5, 5.41) is 6.31. The topological polar surface area (TPSA) is 61.4 Å². The molecule has 0 aliphatic carbocycles. The number of carbonyl (C=O) groups is 2. The summed E-state index contributed by atoms with van der Waals surface area (Å²) in [6.07, 6.45) is 0.563. The third kappa shape index (κ3) is 3.16. The molecule has 1 fully saturated rings. The predicted molar refractivity (Wildman–Crippen MR) is 79.3 cm³/mol. The van der Waals surface area contributed by atoms with Crippen LogP contribution in [0, 0.1) is 0 Å². The first-order chi connectivity index (χ1) is 9.52. The fourth-order valence-electron chi connectivity index (χ4n) is 2.14. The fraction of sp³-hybridized carbons (Fsp3) is 0.385. The number of piperazine rings is 1. The van der Waals surface area contributed by atoms with Gasteiger partial charge < -0.3 is 15.5 Å². The first-order valence-corrected chi connectivity index (χ1v) is 7.09. The molecule has 0 radical (unpaired) electrons. The van der Waals surface area contributed by atoms with Crippen LogP contribution in [0.15, 0.2) is 18.2 Å². The lowest BCUT2D eigenvalue weighted by Gasteiger charge is -2.34. The van der Waals surface area contributed by atoms with Crippen LogP contribution in [0.1, 0.15) is 13.3 Å². The average molecular weight is 316 g/mol. The van der Waals surface area contributed by atoms with E-state index in [1.54, 1.807) is 18.2 Å². The van der Waals surface area contributed by atoms with Gasteiger partial charge in [0.15, 0.2) is 0 Å². The van der Waals surface area contributed by atoms with E-state index in [0.717, 1.165) is 0 Å². The number of hydrogen-bond donors (Lipinski definition) is 2. The van der Waals surface area contributed by atoms with Gasteiger partial charge in [-0.3, -0.25) is 4.79 Å². The molecule has 3 amide bonds. The predicted octanol–water partition coefficient (Wildman–Crippen LogP) is 2.74. The van der Waals surface area contributed by atoms with E-state index in [1.807, 2.05) is 6.92 Å². The number of urea groups is 1. The minimum absolute atomic E-state index is 0.129. The highest BCUT2D eigenvalue weighted by Gasteiger charge is 2.31.